The summed E-state index contributed by atoms with van der Waals surface area (Å²) in [7, 11) is 0. The van der Waals surface area contributed by atoms with E-state index in [0.717, 1.165) is 32.7 Å². The highest BCUT2D eigenvalue weighted by Gasteiger charge is 2.37. The van der Waals surface area contributed by atoms with Gasteiger partial charge in [-0.05, 0) is 58.9 Å². The average molecular weight is 565 g/mol. The van der Waals surface area contributed by atoms with Crippen LogP contribution in [-0.4, -0.2) is 65.3 Å². The van der Waals surface area contributed by atoms with Crippen LogP contribution >= 0.6 is 0 Å². The third-order valence-corrected chi connectivity index (χ3v) is 8.19. The second kappa shape index (κ2) is 13.0. The normalized spacial score (nSPS) is 17.8. The van der Waals surface area contributed by atoms with Crippen LogP contribution in [0.5, 0.6) is 0 Å². The van der Waals surface area contributed by atoms with Crippen LogP contribution < -0.4 is 17.2 Å². The molecule has 0 aromatic heterocycles. The summed E-state index contributed by atoms with van der Waals surface area (Å²) in [5.41, 5.74) is 19.6. The Morgan fingerprint density at radius 1 is 0.833 bits per heavy atom. The van der Waals surface area contributed by atoms with Crippen LogP contribution in [0.2, 0.25) is 0 Å². The molecule has 6 N–H and O–H groups in total. The van der Waals surface area contributed by atoms with Gasteiger partial charge in [0.05, 0.1) is 12.5 Å². The molecule has 0 radical (unpaired) electrons. The molecule has 4 aromatic rings. The first-order valence-corrected chi connectivity index (χ1v) is 14.6. The maximum Gasteiger partial charge on any atom is 0.240 e. The fourth-order valence-electron chi connectivity index (χ4n) is 5.98. The van der Waals surface area contributed by atoms with Crippen LogP contribution in [0.1, 0.15) is 30.9 Å². The summed E-state index contributed by atoms with van der Waals surface area (Å²) in [4.78, 5) is 35.3. The molecule has 1 fully saturated rings. The van der Waals surface area contributed by atoms with E-state index in [1.165, 1.54) is 0 Å². The topological polar surface area (TPSA) is 131 Å². The van der Waals surface area contributed by atoms with Crippen LogP contribution in [0.4, 0.5) is 0 Å². The zero-order valence-electron chi connectivity index (χ0n) is 24.2. The number of guanidine groups is 1. The number of benzene rings is 4. The number of piperazine rings is 1. The van der Waals surface area contributed by atoms with Gasteiger partial charge in [0.2, 0.25) is 11.8 Å². The number of carbonyl (C=O) groups is 2. The van der Waals surface area contributed by atoms with Crippen molar-refractivity contribution in [1.29, 1.82) is 0 Å². The largest absolute Gasteiger partial charge is 0.370 e. The quantitative estimate of drug-likeness (QED) is 0.162. The zero-order chi connectivity index (χ0) is 29.6. The molecule has 1 saturated heterocycles. The summed E-state index contributed by atoms with van der Waals surface area (Å²) in [6.45, 7) is 3.35. The van der Waals surface area contributed by atoms with Gasteiger partial charge in [-0.1, -0.05) is 84.9 Å². The molecule has 4 aromatic carbocycles. The first-order valence-electron chi connectivity index (χ1n) is 14.6. The number of carbonyl (C=O) groups excluding carboxylic acids is 2. The first kappa shape index (κ1) is 29.1. The molecule has 8 nitrogen and oxygen atoms in total. The molecule has 1 aliphatic rings. The molecular weight excluding hydrogens is 524 g/mol. The molecule has 3 atom stereocenters. The van der Waals surface area contributed by atoms with Gasteiger partial charge in [-0.15, -0.1) is 0 Å². The van der Waals surface area contributed by atoms with E-state index < -0.39 is 6.04 Å². The number of aliphatic imine (C=N–C) groups is 1. The summed E-state index contributed by atoms with van der Waals surface area (Å²) >= 11 is 0. The second-order valence-electron chi connectivity index (χ2n) is 11.3. The average Bonchev–Trinajstić information content (AvgIpc) is 2.99. The van der Waals surface area contributed by atoms with Crippen LogP contribution in [0, 0.1) is 0 Å². The minimum atomic E-state index is -0.682. The Labute approximate surface area is 247 Å². The predicted molar refractivity (Wildman–Crippen MR) is 170 cm³/mol. The number of rotatable bonds is 9. The van der Waals surface area contributed by atoms with Crippen LogP contribution in [0.25, 0.3) is 21.5 Å². The van der Waals surface area contributed by atoms with E-state index in [2.05, 4.69) is 53.5 Å². The van der Waals surface area contributed by atoms with Crippen LogP contribution in [-0.2, 0) is 22.4 Å². The molecule has 218 valence electrons. The number of hydrogen-bond donors (Lipinski definition) is 3. The molecule has 0 aliphatic carbocycles. The number of fused-ring (bicyclic) bond motifs is 2. The molecule has 1 aliphatic heterocycles. The van der Waals surface area contributed by atoms with Gasteiger partial charge in [0, 0.05) is 31.7 Å². The summed E-state index contributed by atoms with van der Waals surface area (Å²) in [6, 6.07) is 27.7. The van der Waals surface area contributed by atoms with E-state index >= 15 is 0 Å². The maximum atomic E-state index is 13.8. The lowest BCUT2D eigenvalue weighted by molar-refractivity contribution is -0.147. The molecule has 42 heavy (non-hydrogen) atoms. The molecule has 8 heteroatoms. The maximum absolute atomic E-state index is 13.8. The van der Waals surface area contributed by atoms with E-state index in [9.17, 15) is 9.59 Å². The van der Waals surface area contributed by atoms with Crippen molar-refractivity contribution in [1.82, 2.24) is 9.80 Å². The Bertz CT molecular complexity index is 1600. The molecule has 2 amide bonds. The van der Waals surface area contributed by atoms with Crippen LogP contribution in [0.15, 0.2) is 89.9 Å². The Balaban J connectivity index is 1.29. The third kappa shape index (κ3) is 6.89. The number of amides is 2. The molecule has 5 rings (SSSR count). The van der Waals surface area contributed by atoms with Gasteiger partial charge in [-0.3, -0.25) is 14.6 Å². The molecule has 0 spiro atoms. The van der Waals surface area contributed by atoms with E-state index in [-0.39, 0.29) is 29.9 Å². The smallest absolute Gasteiger partial charge is 0.240 e. The zero-order valence-corrected chi connectivity index (χ0v) is 24.2. The highest BCUT2D eigenvalue weighted by atomic mass is 16.2. The van der Waals surface area contributed by atoms with Crippen molar-refractivity contribution < 1.29 is 9.59 Å². The molecule has 0 bridgehead atoms. The predicted octanol–water partition coefficient (Wildman–Crippen LogP) is 3.59. The molecule has 1 unspecified atom stereocenters. The van der Waals surface area contributed by atoms with Crippen LogP contribution in [0.3, 0.4) is 0 Å². The molecule has 1 heterocycles. The van der Waals surface area contributed by atoms with Crippen molar-refractivity contribution in [2.75, 3.05) is 19.6 Å². The summed E-state index contributed by atoms with van der Waals surface area (Å²) in [6.07, 6.45) is 2.11. The summed E-state index contributed by atoms with van der Waals surface area (Å²) in [5, 5.41) is 4.54. The lowest BCUT2D eigenvalue weighted by atomic mass is 9.97. The lowest BCUT2D eigenvalue weighted by Gasteiger charge is -2.46. The minimum absolute atomic E-state index is 0.0461. The van der Waals surface area contributed by atoms with Gasteiger partial charge in [-0.2, -0.15) is 0 Å². The third-order valence-electron chi connectivity index (χ3n) is 8.19. The van der Waals surface area contributed by atoms with E-state index in [1.807, 2.05) is 53.1 Å². The summed E-state index contributed by atoms with van der Waals surface area (Å²) < 4.78 is 0. The van der Waals surface area contributed by atoms with Gasteiger partial charge in [0.25, 0.3) is 0 Å². The Morgan fingerprint density at radius 3 is 2.07 bits per heavy atom. The van der Waals surface area contributed by atoms with Gasteiger partial charge >= 0.3 is 0 Å². The van der Waals surface area contributed by atoms with Crippen molar-refractivity contribution in [3.8, 4) is 0 Å². The number of hydrogen-bond acceptors (Lipinski definition) is 4. The SMILES string of the molecule is C[C@@H]1CN(C(=O)[C@H](N)Cc2ccc3ccccc3c2)C(CCCN=C(N)N)CN1C(=O)Cc1ccc2ccccc2c1. The Morgan fingerprint density at radius 2 is 1.43 bits per heavy atom. The van der Waals surface area contributed by atoms with Crippen molar-refractivity contribution in [2.45, 2.75) is 50.7 Å². The molecule has 0 saturated carbocycles. The highest BCUT2D eigenvalue weighted by Crippen LogP contribution is 2.24. The number of nitrogens with two attached hydrogens (primary N) is 3. The minimum Gasteiger partial charge on any atom is -0.370 e. The van der Waals surface area contributed by atoms with Gasteiger partial charge in [0.15, 0.2) is 5.96 Å². The van der Waals surface area contributed by atoms with E-state index in [1.54, 1.807) is 0 Å². The fourth-order valence-corrected chi connectivity index (χ4v) is 5.98. The van der Waals surface area contributed by atoms with Crippen molar-refractivity contribution >= 4 is 39.3 Å². The van der Waals surface area contributed by atoms with Crippen molar-refractivity contribution in [2.24, 2.45) is 22.2 Å². The lowest BCUT2D eigenvalue weighted by Crippen LogP contribution is -2.63. The highest BCUT2D eigenvalue weighted by molar-refractivity contribution is 5.87. The number of nitrogens with zero attached hydrogens (tertiary/aromatic N) is 3. The van der Waals surface area contributed by atoms with Gasteiger partial charge in [0.1, 0.15) is 0 Å². The monoisotopic (exact) mass is 564 g/mol. The second-order valence-corrected chi connectivity index (χ2v) is 11.3. The molecular formula is C34H40N6O2. The van der Waals surface area contributed by atoms with Gasteiger partial charge < -0.3 is 27.0 Å². The van der Waals surface area contributed by atoms with E-state index in [4.69, 9.17) is 17.2 Å². The van der Waals surface area contributed by atoms with Gasteiger partial charge in [-0.25, -0.2) is 0 Å². The Hall–Kier alpha value is -4.43. The standard InChI is InChI=1S/C34H40N6O2/c1-23-21-40(33(42)31(35)19-24-12-14-26-7-2-4-9-28(26)17-24)30(11-6-16-38-34(36)37)22-39(23)32(41)20-25-13-15-27-8-3-5-10-29(27)18-25/h2-5,7-10,12-15,17-18,23,30-31H,6,11,16,19-22,35H2,1H3,(H4,36,37,38)/t23-,30?,31-/m1/s1. The van der Waals surface area contributed by atoms with Crippen molar-refractivity contribution in [3.63, 3.8) is 0 Å². The summed E-state index contributed by atoms with van der Waals surface area (Å²) in [5.74, 6) is 0.00726. The Kier molecular flexibility index (Phi) is 9.03. The van der Waals surface area contributed by atoms with E-state index in [0.29, 0.717) is 45.3 Å². The fraction of sp³-hybridized carbons (Fsp3) is 0.324. The van der Waals surface area contributed by atoms with Crippen molar-refractivity contribution in [3.05, 3.63) is 96.1 Å². The first-order chi connectivity index (χ1) is 20.3.